The van der Waals surface area contributed by atoms with E-state index in [0.717, 1.165) is 0 Å². The smallest absolute Gasteiger partial charge is 0.344 e. The fraction of sp³-hybridized carbons (Fsp3) is 0.200. The number of benzene rings is 1. The standard InChI is InChI=1S/C15H15NO5/c1-2-19-15(18)10-20-12-4-6-13(7-5-12)21-14-8-3-11(17)9-16-14/h3-9,17H,2,10H2,1H3. The number of hydrogen-bond donors (Lipinski definition) is 1. The zero-order chi connectivity index (χ0) is 15.1. The van der Waals surface area contributed by atoms with E-state index in [9.17, 15) is 4.79 Å². The topological polar surface area (TPSA) is 77.9 Å². The predicted molar refractivity (Wildman–Crippen MR) is 74.5 cm³/mol. The molecule has 2 rings (SSSR count). The summed E-state index contributed by atoms with van der Waals surface area (Å²) in [4.78, 5) is 15.1. The number of carbonyl (C=O) groups is 1. The van der Waals surface area contributed by atoms with Crippen molar-refractivity contribution >= 4 is 5.97 Å². The monoisotopic (exact) mass is 289 g/mol. The Hall–Kier alpha value is -2.76. The highest BCUT2D eigenvalue weighted by molar-refractivity contribution is 5.71. The van der Waals surface area contributed by atoms with Gasteiger partial charge in [-0.3, -0.25) is 0 Å². The first-order chi connectivity index (χ1) is 10.2. The SMILES string of the molecule is CCOC(=O)COc1ccc(Oc2ccc(O)cn2)cc1. The Morgan fingerprint density at radius 1 is 1.14 bits per heavy atom. The number of ether oxygens (including phenoxy) is 3. The molecule has 2 aromatic rings. The quantitative estimate of drug-likeness (QED) is 0.823. The van der Waals surface area contributed by atoms with Crippen LogP contribution in [0.5, 0.6) is 23.1 Å². The Morgan fingerprint density at radius 2 is 1.86 bits per heavy atom. The van der Waals surface area contributed by atoms with E-state index >= 15 is 0 Å². The highest BCUT2D eigenvalue weighted by Crippen LogP contribution is 2.23. The van der Waals surface area contributed by atoms with Crippen LogP contribution in [-0.4, -0.2) is 29.3 Å². The van der Waals surface area contributed by atoms with Crippen LogP contribution in [-0.2, 0) is 9.53 Å². The molecule has 0 aliphatic heterocycles. The first-order valence-corrected chi connectivity index (χ1v) is 6.38. The van der Waals surface area contributed by atoms with Crippen LogP contribution in [0, 0.1) is 0 Å². The third kappa shape index (κ3) is 4.68. The highest BCUT2D eigenvalue weighted by Gasteiger charge is 2.04. The molecule has 1 aromatic heterocycles. The number of nitrogens with zero attached hydrogens (tertiary/aromatic N) is 1. The minimum atomic E-state index is -0.411. The fourth-order valence-corrected chi connectivity index (χ4v) is 1.50. The molecular formula is C15H15NO5. The normalized spacial score (nSPS) is 9.95. The first-order valence-electron chi connectivity index (χ1n) is 6.38. The maximum Gasteiger partial charge on any atom is 0.344 e. The average molecular weight is 289 g/mol. The Kier molecular flexibility index (Phi) is 4.98. The van der Waals surface area contributed by atoms with Crippen LogP contribution < -0.4 is 9.47 Å². The van der Waals surface area contributed by atoms with Gasteiger partial charge in [0.25, 0.3) is 0 Å². The van der Waals surface area contributed by atoms with Gasteiger partial charge in [-0.1, -0.05) is 0 Å². The second-order valence-electron chi connectivity index (χ2n) is 4.02. The number of carbonyl (C=O) groups excluding carboxylic acids is 1. The Labute approximate surface area is 121 Å². The summed E-state index contributed by atoms with van der Waals surface area (Å²) in [5.74, 6) is 1.13. The molecule has 0 aliphatic rings. The van der Waals surface area contributed by atoms with Gasteiger partial charge in [0.1, 0.15) is 17.2 Å². The van der Waals surface area contributed by atoms with Gasteiger partial charge in [0.05, 0.1) is 12.8 Å². The van der Waals surface area contributed by atoms with E-state index in [1.807, 2.05) is 0 Å². The van der Waals surface area contributed by atoms with Crippen LogP contribution in [0.2, 0.25) is 0 Å². The van der Waals surface area contributed by atoms with Crippen molar-refractivity contribution in [2.75, 3.05) is 13.2 Å². The molecule has 0 radical (unpaired) electrons. The van der Waals surface area contributed by atoms with Crippen molar-refractivity contribution in [3.05, 3.63) is 42.6 Å². The molecular weight excluding hydrogens is 274 g/mol. The first kappa shape index (κ1) is 14.6. The maximum absolute atomic E-state index is 11.2. The van der Waals surface area contributed by atoms with Gasteiger partial charge >= 0.3 is 5.97 Å². The van der Waals surface area contributed by atoms with Crippen molar-refractivity contribution in [3.8, 4) is 23.1 Å². The summed E-state index contributed by atoms with van der Waals surface area (Å²) in [6.07, 6.45) is 1.30. The minimum absolute atomic E-state index is 0.0741. The molecule has 0 amide bonds. The molecule has 0 spiro atoms. The molecule has 21 heavy (non-hydrogen) atoms. The molecule has 0 saturated heterocycles. The van der Waals surface area contributed by atoms with Crippen LogP contribution in [0.1, 0.15) is 6.92 Å². The number of aromatic nitrogens is 1. The highest BCUT2D eigenvalue weighted by atomic mass is 16.6. The van der Waals surface area contributed by atoms with Gasteiger partial charge in [0.15, 0.2) is 6.61 Å². The summed E-state index contributed by atoms with van der Waals surface area (Å²) >= 11 is 0. The van der Waals surface area contributed by atoms with Gasteiger partial charge in [0, 0.05) is 6.07 Å². The van der Waals surface area contributed by atoms with E-state index in [2.05, 4.69) is 4.98 Å². The van der Waals surface area contributed by atoms with Crippen molar-refractivity contribution in [2.45, 2.75) is 6.92 Å². The molecule has 1 aromatic carbocycles. The van der Waals surface area contributed by atoms with Crippen molar-refractivity contribution in [1.82, 2.24) is 4.98 Å². The van der Waals surface area contributed by atoms with E-state index in [4.69, 9.17) is 19.3 Å². The van der Waals surface area contributed by atoms with E-state index in [0.29, 0.717) is 24.0 Å². The second kappa shape index (κ2) is 7.14. The van der Waals surface area contributed by atoms with Gasteiger partial charge in [-0.15, -0.1) is 0 Å². The number of pyridine rings is 1. The zero-order valence-corrected chi connectivity index (χ0v) is 11.5. The molecule has 0 aliphatic carbocycles. The Morgan fingerprint density at radius 3 is 2.48 bits per heavy atom. The Bertz CT molecular complexity index is 580. The number of aromatic hydroxyl groups is 1. The number of hydrogen-bond acceptors (Lipinski definition) is 6. The minimum Gasteiger partial charge on any atom is -0.506 e. The van der Waals surface area contributed by atoms with Gasteiger partial charge in [-0.05, 0) is 37.3 Å². The summed E-state index contributed by atoms with van der Waals surface area (Å²) in [6.45, 7) is 1.93. The fourth-order valence-electron chi connectivity index (χ4n) is 1.50. The summed E-state index contributed by atoms with van der Waals surface area (Å²) < 4.78 is 15.5. The van der Waals surface area contributed by atoms with E-state index < -0.39 is 5.97 Å². The lowest BCUT2D eigenvalue weighted by molar-refractivity contribution is -0.145. The molecule has 0 saturated carbocycles. The summed E-state index contributed by atoms with van der Waals surface area (Å²) in [5.41, 5.74) is 0. The summed E-state index contributed by atoms with van der Waals surface area (Å²) in [7, 11) is 0. The molecule has 0 unspecified atom stereocenters. The molecule has 110 valence electrons. The lowest BCUT2D eigenvalue weighted by atomic mass is 10.3. The van der Waals surface area contributed by atoms with Crippen LogP contribution in [0.4, 0.5) is 0 Å². The van der Waals surface area contributed by atoms with Gasteiger partial charge in [0.2, 0.25) is 5.88 Å². The molecule has 1 heterocycles. The number of rotatable bonds is 6. The zero-order valence-electron chi connectivity index (χ0n) is 11.5. The van der Waals surface area contributed by atoms with Crippen LogP contribution in [0.3, 0.4) is 0 Å². The van der Waals surface area contributed by atoms with Crippen molar-refractivity contribution in [1.29, 1.82) is 0 Å². The largest absolute Gasteiger partial charge is 0.506 e. The van der Waals surface area contributed by atoms with Gasteiger partial charge in [-0.25, -0.2) is 9.78 Å². The van der Waals surface area contributed by atoms with Crippen LogP contribution in [0.25, 0.3) is 0 Å². The van der Waals surface area contributed by atoms with Gasteiger partial charge in [-0.2, -0.15) is 0 Å². The molecule has 1 N–H and O–H groups in total. The summed E-state index contributed by atoms with van der Waals surface area (Å²) in [6, 6.07) is 9.77. The second-order valence-corrected chi connectivity index (χ2v) is 4.02. The maximum atomic E-state index is 11.2. The van der Waals surface area contributed by atoms with Crippen LogP contribution in [0.15, 0.2) is 42.6 Å². The van der Waals surface area contributed by atoms with Crippen molar-refractivity contribution in [3.63, 3.8) is 0 Å². The lowest BCUT2D eigenvalue weighted by Gasteiger charge is -2.07. The van der Waals surface area contributed by atoms with E-state index in [1.165, 1.54) is 12.3 Å². The molecule has 0 atom stereocenters. The third-order valence-corrected chi connectivity index (χ3v) is 2.43. The summed E-state index contributed by atoms with van der Waals surface area (Å²) in [5, 5.41) is 9.13. The third-order valence-electron chi connectivity index (χ3n) is 2.43. The van der Waals surface area contributed by atoms with E-state index in [1.54, 1.807) is 37.3 Å². The molecule has 6 heteroatoms. The number of esters is 1. The van der Waals surface area contributed by atoms with Crippen molar-refractivity contribution < 1.29 is 24.1 Å². The lowest BCUT2D eigenvalue weighted by Crippen LogP contribution is -2.14. The van der Waals surface area contributed by atoms with Gasteiger partial charge < -0.3 is 19.3 Å². The molecule has 0 fully saturated rings. The van der Waals surface area contributed by atoms with Crippen LogP contribution >= 0.6 is 0 Å². The molecule has 0 bridgehead atoms. The van der Waals surface area contributed by atoms with E-state index in [-0.39, 0.29) is 12.4 Å². The Balaban J connectivity index is 1.89. The molecule has 6 nitrogen and oxygen atoms in total. The van der Waals surface area contributed by atoms with Crippen molar-refractivity contribution in [2.24, 2.45) is 0 Å². The average Bonchev–Trinajstić information content (AvgIpc) is 2.49. The predicted octanol–water partition coefficient (Wildman–Crippen LogP) is 2.52.